The highest BCUT2D eigenvalue weighted by atomic mass is 19.1. The van der Waals surface area contributed by atoms with E-state index in [2.05, 4.69) is 5.32 Å². The third-order valence-corrected chi connectivity index (χ3v) is 3.01. The summed E-state index contributed by atoms with van der Waals surface area (Å²) in [6.45, 7) is 5.73. The lowest BCUT2D eigenvalue weighted by atomic mass is 10.2. The third-order valence-electron chi connectivity index (χ3n) is 3.01. The maximum Gasteiger partial charge on any atom is 0.322 e. The van der Waals surface area contributed by atoms with E-state index in [0.717, 1.165) is 0 Å². The van der Waals surface area contributed by atoms with Gasteiger partial charge in [-0.3, -0.25) is 0 Å². The molecule has 1 fully saturated rings. The van der Waals surface area contributed by atoms with Gasteiger partial charge < -0.3 is 19.7 Å². The first-order valence-corrected chi connectivity index (χ1v) is 6.70. The molecular formula is C14H19FN2O3. The lowest BCUT2D eigenvalue weighted by Crippen LogP contribution is -2.46. The molecule has 0 aliphatic carbocycles. The summed E-state index contributed by atoms with van der Waals surface area (Å²) in [5, 5.41) is 2.75. The summed E-state index contributed by atoms with van der Waals surface area (Å²) in [4.78, 5) is 13.8. The van der Waals surface area contributed by atoms with Crippen LogP contribution >= 0.6 is 0 Å². The van der Waals surface area contributed by atoms with E-state index in [9.17, 15) is 9.18 Å². The Morgan fingerprint density at radius 3 is 3.10 bits per heavy atom. The van der Waals surface area contributed by atoms with Gasteiger partial charge in [-0.25, -0.2) is 9.18 Å². The second-order valence-corrected chi connectivity index (χ2v) is 4.63. The van der Waals surface area contributed by atoms with Gasteiger partial charge in [0.05, 0.1) is 25.0 Å². The fourth-order valence-electron chi connectivity index (χ4n) is 2.07. The Morgan fingerprint density at radius 2 is 2.40 bits per heavy atom. The van der Waals surface area contributed by atoms with Gasteiger partial charge in [0.1, 0.15) is 11.6 Å². The minimum Gasteiger partial charge on any atom is -0.492 e. The van der Waals surface area contributed by atoms with Crippen LogP contribution in [-0.4, -0.2) is 43.3 Å². The Hall–Kier alpha value is -1.82. The van der Waals surface area contributed by atoms with Crippen LogP contribution in [0.25, 0.3) is 0 Å². The van der Waals surface area contributed by atoms with Crippen molar-refractivity contribution in [3.8, 4) is 5.75 Å². The predicted octanol–water partition coefficient (Wildman–Crippen LogP) is 2.48. The standard InChI is InChI=1S/C14H19FN2O3/c1-3-19-13-8-11(15)4-5-12(13)16-14(18)17-6-7-20-10(2)9-17/h4-5,8,10H,3,6-7,9H2,1-2H3,(H,16,18). The average Bonchev–Trinajstić information content (AvgIpc) is 2.42. The molecule has 0 saturated carbocycles. The molecule has 1 saturated heterocycles. The van der Waals surface area contributed by atoms with Crippen LogP contribution in [0.4, 0.5) is 14.9 Å². The third kappa shape index (κ3) is 3.60. The molecular weight excluding hydrogens is 263 g/mol. The molecule has 2 amide bonds. The summed E-state index contributed by atoms with van der Waals surface area (Å²) in [6, 6.07) is 3.83. The molecule has 2 rings (SSSR count). The highest BCUT2D eigenvalue weighted by Crippen LogP contribution is 2.26. The SMILES string of the molecule is CCOc1cc(F)ccc1NC(=O)N1CCOC(C)C1. The number of morpholine rings is 1. The molecule has 110 valence electrons. The van der Waals surface area contributed by atoms with Crippen LogP contribution in [0.15, 0.2) is 18.2 Å². The van der Waals surface area contributed by atoms with Crippen molar-refractivity contribution in [3.63, 3.8) is 0 Å². The molecule has 20 heavy (non-hydrogen) atoms. The van der Waals surface area contributed by atoms with Gasteiger partial charge >= 0.3 is 6.03 Å². The van der Waals surface area contributed by atoms with E-state index in [4.69, 9.17) is 9.47 Å². The van der Waals surface area contributed by atoms with Gasteiger partial charge in [0.2, 0.25) is 0 Å². The van der Waals surface area contributed by atoms with Gasteiger partial charge in [-0.2, -0.15) is 0 Å². The number of amides is 2. The number of rotatable bonds is 3. The van der Waals surface area contributed by atoms with E-state index in [1.54, 1.807) is 11.8 Å². The molecule has 1 N–H and O–H groups in total. The first-order valence-electron chi connectivity index (χ1n) is 6.70. The maximum atomic E-state index is 13.2. The van der Waals surface area contributed by atoms with Crippen molar-refractivity contribution in [3.05, 3.63) is 24.0 Å². The molecule has 5 nitrogen and oxygen atoms in total. The number of hydrogen-bond acceptors (Lipinski definition) is 3. The number of ether oxygens (including phenoxy) is 2. The van der Waals surface area contributed by atoms with E-state index in [-0.39, 0.29) is 12.1 Å². The molecule has 1 aromatic carbocycles. The number of anilines is 1. The number of benzene rings is 1. The van der Waals surface area contributed by atoms with Gasteiger partial charge in [-0.15, -0.1) is 0 Å². The van der Waals surface area contributed by atoms with Gasteiger partial charge in [-0.1, -0.05) is 0 Å². The minimum atomic E-state index is -0.397. The number of hydrogen-bond donors (Lipinski definition) is 1. The number of halogens is 1. The molecule has 1 aromatic rings. The molecule has 1 heterocycles. The summed E-state index contributed by atoms with van der Waals surface area (Å²) in [5.41, 5.74) is 0.470. The van der Waals surface area contributed by atoms with E-state index in [0.29, 0.717) is 37.7 Å². The summed E-state index contributed by atoms with van der Waals surface area (Å²) in [6.07, 6.45) is 0.0223. The lowest BCUT2D eigenvalue weighted by Gasteiger charge is -2.31. The Bertz CT molecular complexity index is 481. The van der Waals surface area contributed by atoms with Gasteiger partial charge in [0.15, 0.2) is 0 Å². The van der Waals surface area contributed by atoms with E-state index in [1.165, 1.54) is 18.2 Å². The fourth-order valence-corrected chi connectivity index (χ4v) is 2.07. The lowest BCUT2D eigenvalue weighted by molar-refractivity contribution is -0.00139. The normalized spacial score (nSPS) is 18.8. The second-order valence-electron chi connectivity index (χ2n) is 4.63. The predicted molar refractivity (Wildman–Crippen MR) is 73.6 cm³/mol. The van der Waals surface area contributed by atoms with Crippen molar-refractivity contribution in [1.82, 2.24) is 4.90 Å². The van der Waals surface area contributed by atoms with E-state index < -0.39 is 5.82 Å². The molecule has 6 heteroatoms. The number of carbonyl (C=O) groups excluding carboxylic acids is 1. The zero-order valence-corrected chi connectivity index (χ0v) is 11.7. The van der Waals surface area contributed by atoms with Crippen LogP contribution < -0.4 is 10.1 Å². The second kappa shape index (κ2) is 6.56. The molecule has 0 aromatic heterocycles. The van der Waals surface area contributed by atoms with Crippen LogP contribution in [0.3, 0.4) is 0 Å². The Balaban J connectivity index is 2.06. The highest BCUT2D eigenvalue weighted by molar-refractivity contribution is 5.91. The van der Waals surface area contributed by atoms with Crippen molar-refractivity contribution < 1.29 is 18.7 Å². The molecule has 1 aliphatic heterocycles. The van der Waals surface area contributed by atoms with Crippen molar-refractivity contribution in [1.29, 1.82) is 0 Å². The van der Waals surface area contributed by atoms with Crippen LogP contribution in [-0.2, 0) is 4.74 Å². The maximum absolute atomic E-state index is 13.2. The average molecular weight is 282 g/mol. The quantitative estimate of drug-likeness (QED) is 0.926. The smallest absolute Gasteiger partial charge is 0.322 e. The van der Waals surface area contributed by atoms with Crippen LogP contribution in [0.2, 0.25) is 0 Å². The molecule has 1 aliphatic rings. The summed E-state index contributed by atoms with van der Waals surface area (Å²) in [5.74, 6) is -0.0615. The van der Waals surface area contributed by atoms with Crippen molar-refractivity contribution in [2.75, 3.05) is 31.6 Å². The zero-order chi connectivity index (χ0) is 14.5. The number of carbonyl (C=O) groups is 1. The minimum absolute atomic E-state index is 0.0223. The number of nitrogens with zero attached hydrogens (tertiary/aromatic N) is 1. The largest absolute Gasteiger partial charge is 0.492 e. The first-order chi connectivity index (χ1) is 9.60. The Morgan fingerprint density at radius 1 is 1.60 bits per heavy atom. The summed E-state index contributed by atoms with van der Waals surface area (Å²) < 4.78 is 23.9. The summed E-state index contributed by atoms with van der Waals surface area (Å²) in [7, 11) is 0. The highest BCUT2D eigenvalue weighted by Gasteiger charge is 2.22. The molecule has 0 radical (unpaired) electrons. The molecule has 1 unspecified atom stereocenters. The molecule has 0 spiro atoms. The van der Waals surface area contributed by atoms with Crippen LogP contribution in [0.1, 0.15) is 13.8 Å². The van der Waals surface area contributed by atoms with Crippen molar-refractivity contribution in [2.45, 2.75) is 20.0 Å². The van der Waals surface area contributed by atoms with Crippen LogP contribution in [0.5, 0.6) is 5.75 Å². The van der Waals surface area contributed by atoms with Crippen molar-refractivity contribution >= 4 is 11.7 Å². The molecule has 0 bridgehead atoms. The number of urea groups is 1. The fraction of sp³-hybridized carbons (Fsp3) is 0.500. The van der Waals surface area contributed by atoms with Gasteiger partial charge in [-0.05, 0) is 26.0 Å². The molecule has 1 atom stereocenters. The summed E-state index contributed by atoms with van der Waals surface area (Å²) >= 11 is 0. The topological polar surface area (TPSA) is 50.8 Å². The van der Waals surface area contributed by atoms with E-state index >= 15 is 0 Å². The van der Waals surface area contributed by atoms with Gasteiger partial charge in [0, 0.05) is 19.2 Å². The van der Waals surface area contributed by atoms with Crippen LogP contribution in [0, 0.1) is 5.82 Å². The monoisotopic (exact) mass is 282 g/mol. The first kappa shape index (κ1) is 14.6. The van der Waals surface area contributed by atoms with E-state index in [1.807, 2.05) is 6.92 Å². The zero-order valence-electron chi connectivity index (χ0n) is 11.7. The van der Waals surface area contributed by atoms with Crippen molar-refractivity contribution in [2.24, 2.45) is 0 Å². The Kier molecular flexibility index (Phi) is 4.79. The number of nitrogens with one attached hydrogen (secondary N) is 1. The van der Waals surface area contributed by atoms with Gasteiger partial charge in [0.25, 0.3) is 0 Å². The Labute approximate surface area is 117 Å².